The van der Waals surface area contributed by atoms with E-state index in [-0.39, 0.29) is 0 Å². The van der Waals surface area contributed by atoms with Crippen LogP contribution in [-0.2, 0) is 18.6 Å². The van der Waals surface area contributed by atoms with E-state index < -0.39 is 5.41 Å². The monoisotopic (exact) mass is 1020 g/mol. The minimum Gasteiger partial charge on any atom is -0.489 e. The molecule has 0 fully saturated rings. The first kappa shape index (κ1) is 48.5. The Morgan fingerprint density at radius 3 is 1.13 bits per heavy atom. The van der Waals surface area contributed by atoms with Crippen LogP contribution in [0.5, 0.6) is 11.5 Å². The number of anilines is 6. The molecule has 1 aliphatic rings. The van der Waals surface area contributed by atoms with E-state index in [1.807, 2.05) is 12.2 Å². The molecule has 12 aromatic carbocycles. The summed E-state index contributed by atoms with van der Waals surface area (Å²) in [5.41, 5.74) is 16.8. The molecule has 0 heterocycles. The van der Waals surface area contributed by atoms with Crippen LogP contribution in [-0.4, -0.2) is 0 Å². The molecule has 4 heteroatoms. The Labute approximate surface area is 462 Å². The van der Waals surface area contributed by atoms with Gasteiger partial charge in [-0.2, -0.15) is 0 Å². The van der Waals surface area contributed by atoms with Gasteiger partial charge in [0.15, 0.2) is 0 Å². The lowest BCUT2D eigenvalue weighted by Crippen LogP contribution is -2.29. The summed E-state index contributed by atoms with van der Waals surface area (Å²) in [5.74, 6) is 1.57. The van der Waals surface area contributed by atoms with E-state index in [0.717, 1.165) is 79.0 Å². The number of benzene rings is 12. The van der Waals surface area contributed by atoms with E-state index in [0.29, 0.717) is 13.2 Å². The van der Waals surface area contributed by atoms with E-state index in [1.54, 1.807) is 0 Å². The zero-order valence-electron chi connectivity index (χ0n) is 43.8. The van der Waals surface area contributed by atoms with Crippen LogP contribution in [0, 0.1) is 0 Å². The normalized spacial score (nSPS) is 12.1. The van der Waals surface area contributed by atoms with Gasteiger partial charge in [-0.15, -0.1) is 0 Å². The van der Waals surface area contributed by atoms with Gasteiger partial charge >= 0.3 is 0 Å². The third kappa shape index (κ3) is 9.09. The Hall–Kier alpha value is -10.2. The van der Waals surface area contributed by atoms with Gasteiger partial charge in [-0.3, -0.25) is 0 Å². The Balaban J connectivity index is 1.04. The molecular formula is C75H56N2O2. The van der Waals surface area contributed by atoms with Crippen LogP contribution in [0.1, 0.15) is 44.5 Å². The average molecular weight is 1020 g/mol. The smallest absolute Gasteiger partial charge is 0.119 e. The standard InChI is InChI=1S/C75H56N2O2/c1-3-53-29-33-55(34-30-53)51-78-65-43-37-59(38-44-65)75(60-39-45-66(46-40-60)79-52-56-35-31-54(4-2)32-36-56)71-49-63(76(61-21-7-5-8-22-61)73-27-15-19-57-17-11-13-25-67(57)73)41-47-69(71)70-48-42-64(50-72(70)75)77(62-23-9-6-10-24-62)74-28-16-20-58-18-12-14-26-68(58)74/h3-50H,1-2,51-52H2. The maximum Gasteiger partial charge on any atom is 0.119 e. The summed E-state index contributed by atoms with van der Waals surface area (Å²) in [6, 6.07) is 100. The molecule has 0 saturated heterocycles. The van der Waals surface area contributed by atoms with E-state index in [1.165, 1.54) is 43.8 Å². The summed E-state index contributed by atoms with van der Waals surface area (Å²) in [6.07, 6.45) is 3.72. The molecule has 1 aliphatic carbocycles. The molecule has 0 unspecified atom stereocenters. The summed E-state index contributed by atoms with van der Waals surface area (Å²) in [4.78, 5) is 4.83. The van der Waals surface area contributed by atoms with E-state index in [9.17, 15) is 0 Å². The maximum absolute atomic E-state index is 6.56. The predicted octanol–water partition coefficient (Wildman–Crippen LogP) is 19.7. The number of hydrogen-bond donors (Lipinski definition) is 0. The fraction of sp³-hybridized carbons (Fsp3) is 0.0400. The zero-order valence-corrected chi connectivity index (χ0v) is 43.8. The Morgan fingerprint density at radius 1 is 0.342 bits per heavy atom. The fourth-order valence-corrected chi connectivity index (χ4v) is 11.6. The second-order valence-corrected chi connectivity index (χ2v) is 20.1. The first-order chi connectivity index (χ1) is 39.0. The summed E-state index contributed by atoms with van der Waals surface area (Å²) in [7, 11) is 0. The Kier molecular flexibility index (Phi) is 13.0. The molecule has 0 radical (unpaired) electrons. The molecule has 79 heavy (non-hydrogen) atoms. The maximum atomic E-state index is 6.56. The van der Waals surface area contributed by atoms with Crippen LogP contribution in [0.3, 0.4) is 0 Å². The third-order valence-corrected chi connectivity index (χ3v) is 15.5. The molecule has 0 saturated carbocycles. The number of nitrogens with zero attached hydrogens (tertiary/aromatic N) is 2. The van der Waals surface area contributed by atoms with Crippen molar-refractivity contribution in [2.45, 2.75) is 18.6 Å². The Bertz CT molecular complexity index is 3870. The van der Waals surface area contributed by atoms with Crippen molar-refractivity contribution in [1.29, 1.82) is 0 Å². The SMILES string of the molecule is C=Cc1ccc(COc2ccc(C3(c4ccc(OCc5ccc(C=C)cc5)cc4)c4cc(N(c5ccccc5)c5cccc6ccccc56)ccc4-c4ccc(N(c5ccccc5)c5cccc6ccccc56)cc43)cc2)cc1. The van der Waals surface area contributed by atoms with Crippen LogP contribution >= 0.6 is 0 Å². The van der Waals surface area contributed by atoms with Crippen LogP contribution in [0.2, 0.25) is 0 Å². The highest BCUT2D eigenvalue weighted by molar-refractivity contribution is 6.01. The van der Waals surface area contributed by atoms with Crippen LogP contribution in [0.15, 0.2) is 292 Å². The van der Waals surface area contributed by atoms with Crippen molar-refractivity contribution in [3.8, 4) is 22.6 Å². The quantitative estimate of drug-likeness (QED) is 0.0963. The molecule has 0 aliphatic heterocycles. The van der Waals surface area contributed by atoms with Crippen molar-refractivity contribution < 1.29 is 9.47 Å². The van der Waals surface area contributed by atoms with Crippen molar-refractivity contribution >= 4 is 67.8 Å². The van der Waals surface area contributed by atoms with Crippen LogP contribution < -0.4 is 19.3 Å². The van der Waals surface area contributed by atoms with Gasteiger partial charge in [0.1, 0.15) is 24.7 Å². The van der Waals surface area contributed by atoms with Gasteiger partial charge in [-0.25, -0.2) is 0 Å². The number of fused-ring (bicyclic) bond motifs is 5. The third-order valence-electron chi connectivity index (χ3n) is 15.5. The lowest BCUT2D eigenvalue weighted by atomic mass is 9.67. The number of hydrogen-bond acceptors (Lipinski definition) is 4. The van der Waals surface area contributed by atoms with Crippen molar-refractivity contribution in [3.05, 3.63) is 337 Å². The number of ether oxygens (including phenoxy) is 2. The van der Waals surface area contributed by atoms with Crippen molar-refractivity contribution in [2.24, 2.45) is 0 Å². The lowest BCUT2D eigenvalue weighted by molar-refractivity contribution is 0.306. The van der Waals surface area contributed by atoms with Gasteiger partial charge in [-0.1, -0.05) is 219 Å². The molecular weight excluding hydrogens is 961 g/mol. The summed E-state index contributed by atoms with van der Waals surface area (Å²) < 4.78 is 13.1. The highest BCUT2D eigenvalue weighted by atomic mass is 16.5. The second kappa shape index (κ2) is 21.1. The van der Waals surface area contributed by atoms with Gasteiger partial charge in [0.05, 0.1) is 16.8 Å². The average Bonchev–Trinajstić information content (AvgIpc) is 4.08. The van der Waals surface area contributed by atoms with Crippen LogP contribution in [0.4, 0.5) is 34.1 Å². The van der Waals surface area contributed by atoms with Gasteiger partial charge in [0.2, 0.25) is 0 Å². The van der Waals surface area contributed by atoms with Gasteiger partial charge < -0.3 is 19.3 Å². The van der Waals surface area contributed by atoms with Crippen molar-refractivity contribution in [1.82, 2.24) is 0 Å². The number of para-hydroxylation sites is 2. The first-order valence-electron chi connectivity index (χ1n) is 26.9. The minimum atomic E-state index is -0.850. The van der Waals surface area contributed by atoms with Crippen molar-refractivity contribution in [3.63, 3.8) is 0 Å². The second-order valence-electron chi connectivity index (χ2n) is 20.1. The summed E-state index contributed by atoms with van der Waals surface area (Å²) in [5, 5.41) is 4.69. The largest absolute Gasteiger partial charge is 0.489 e. The van der Waals surface area contributed by atoms with Gasteiger partial charge in [-0.05, 0) is 151 Å². The lowest BCUT2D eigenvalue weighted by Gasteiger charge is -2.36. The first-order valence-corrected chi connectivity index (χ1v) is 26.9. The molecule has 0 spiro atoms. The van der Waals surface area contributed by atoms with E-state index in [4.69, 9.17) is 9.47 Å². The molecule has 0 amide bonds. The van der Waals surface area contributed by atoms with E-state index in [2.05, 4.69) is 302 Å². The molecule has 13 rings (SSSR count). The molecule has 0 bridgehead atoms. The number of rotatable bonds is 16. The fourth-order valence-electron chi connectivity index (χ4n) is 11.6. The Morgan fingerprint density at radius 2 is 0.722 bits per heavy atom. The van der Waals surface area contributed by atoms with Crippen LogP contribution in [0.25, 0.3) is 44.8 Å². The topological polar surface area (TPSA) is 24.9 Å². The minimum absolute atomic E-state index is 0.438. The molecule has 0 N–H and O–H groups in total. The summed E-state index contributed by atoms with van der Waals surface area (Å²) >= 11 is 0. The summed E-state index contributed by atoms with van der Waals surface area (Å²) in [6.45, 7) is 8.75. The molecule has 0 aromatic heterocycles. The molecule has 378 valence electrons. The molecule has 0 atom stereocenters. The molecule has 4 nitrogen and oxygen atoms in total. The van der Waals surface area contributed by atoms with Gasteiger partial charge in [0.25, 0.3) is 0 Å². The predicted molar refractivity (Wildman–Crippen MR) is 330 cm³/mol. The highest BCUT2D eigenvalue weighted by Crippen LogP contribution is 2.59. The van der Waals surface area contributed by atoms with Gasteiger partial charge in [0, 0.05) is 33.5 Å². The highest BCUT2D eigenvalue weighted by Gasteiger charge is 2.47. The zero-order chi connectivity index (χ0) is 53.1. The van der Waals surface area contributed by atoms with E-state index >= 15 is 0 Å². The molecule has 12 aromatic rings. The van der Waals surface area contributed by atoms with Crippen molar-refractivity contribution in [2.75, 3.05) is 9.80 Å².